The molecule has 32 heavy (non-hydrogen) atoms. The topological polar surface area (TPSA) is 101 Å². The lowest BCUT2D eigenvalue weighted by molar-refractivity contribution is -0.133. The number of aromatic nitrogens is 1. The molecule has 1 aromatic heterocycles. The van der Waals surface area contributed by atoms with Crippen LogP contribution in [0.5, 0.6) is 11.5 Å². The molecule has 0 radical (unpaired) electrons. The lowest BCUT2D eigenvalue weighted by atomic mass is 9.95. The van der Waals surface area contributed by atoms with Crippen molar-refractivity contribution in [3.05, 3.63) is 84.2 Å². The first-order valence-electron chi connectivity index (χ1n) is 10.3. The van der Waals surface area contributed by atoms with E-state index >= 15 is 0 Å². The highest BCUT2D eigenvalue weighted by molar-refractivity contribution is 7.64. The Morgan fingerprint density at radius 1 is 1.09 bits per heavy atom. The van der Waals surface area contributed by atoms with Gasteiger partial charge in [0.05, 0.1) is 11.9 Å². The lowest BCUT2D eigenvalue weighted by Gasteiger charge is -2.39. The lowest BCUT2D eigenvalue weighted by Crippen LogP contribution is -2.49. The molecular weight excluding hydrogens is 429 g/mol. The van der Waals surface area contributed by atoms with Crippen LogP contribution in [0.1, 0.15) is 18.1 Å². The standard InChI is InChI=1S/C23H24N3O5P/c1-2-30-32(29,21-9-7-19(8-10-21)31-20-11-13-24-14-12-20)26-16-18-6-4-3-5-17(18)15-22(26)23(27)25-28/h3-14,22,28H,2,15-16H2,1H3,(H,25,27)/t22-,32?/m1/s1. The molecule has 0 bridgehead atoms. The van der Waals surface area contributed by atoms with Crippen molar-refractivity contribution in [1.29, 1.82) is 0 Å². The number of nitrogens with zero attached hydrogens (tertiary/aromatic N) is 2. The first-order valence-corrected chi connectivity index (χ1v) is 11.8. The summed E-state index contributed by atoms with van der Waals surface area (Å²) < 4.78 is 27.4. The average Bonchev–Trinajstić information content (AvgIpc) is 2.84. The first-order chi connectivity index (χ1) is 15.5. The fourth-order valence-electron chi connectivity index (χ4n) is 3.81. The van der Waals surface area contributed by atoms with E-state index in [1.807, 2.05) is 24.3 Å². The number of ether oxygens (including phenoxy) is 1. The number of hydrogen-bond acceptors (Lipinski definition) is 6. The number of hydrogen-bond donors (Lipinski definition) is 2. The van der Waals surface area contributed by atoms with E-state index in [2.05, 4.69) is 4.98 Å². The summed E-state index contributed by atoms with van der Waals surface area (Å²) in [6.07, 6.45) is 3.57. The fourth-order valence-corrected chi connectivity index (χ4v) is 6.17. The molecule has 2 heterocycles. The van der Waals surface area contributed by atoms with Gasteiger partial charge in [0.15, 0.2) is 0 Å². The molecule has 2 N–H and O–H groups in total. The molecule has 1 aliphatic rings. The van der Waals surface area contributed by atoms with Gasteiger partial charge >= 0.3 is 7.52 Å². The van der Waals surface area contributed by atoms with Crippen molar-refractivity contribution in [3.8, 4) is 11.5 Å². The molecule has 8 nitrogen and oxygen atoms in total. The third-order valence-electron chi connectivity index (χ3n) is 5.33. The summed E-state index contributed by atoms with van der Waals surface area (Å²) in [6, 6.07) is 17.1. The molecule has 1 amide bonds. The minimum Gasteiger partial charge on any atom is -0.457 e. The number of fused-ring (bicyclic) bond motifs is 1. The van der Waals surface area contributed by atoms with Crippen LogP contribution in [0.25, 0.3) is 0 Å². The second-order valence-corrected chi connectivity index (χ2v) is 9.61. The summed E-state index contributed by atoms with van der Waals surface area (Å²) in [5.74, 6) is 0.571. The van der Waals surface area contributed by atoms with Crippen LogP contribution in [0.4, 0.5) is 0 Å². The highest BCUT2D eigenvalue weighted by Crippen LogP contribution is 2.53. The Hall–Kier alpha value is -3.03. The van der Waals surface area contributed by atoms with Crippen LogP contribution in [0, 0.1) is 0 Å². The van der Waals surface area contributed by atoms with Crippen LogP contribution in [-0.4, -0.2) is 33.4 Å². The van der Waals surface area contributed by atoms with Crippen molar-refractivity contribution in [2.24, 2.45) is 0 Å². The van der Waals surface area contributed by atoms with Crippen LogP contribution < -0.4 is 15.5 Å². The Morgan fingerprint density at radius 2 is 1.75 bits per heavy atom. The van der Waals surface area contributed by atoms with Gasteiger partial charge in [0, 0.05) is 18.9 Å². The number of amides is 1. The van der Waals surface area contributed by atoms with E-state index in [0.717, 1.165) is 11.1 Å². The third kappa shape index (κ3) is 4.45. The molecule has 2 atom stereocenters. The van der Waals surface area contributed by atoms with Crippen molar-refractivity contribution in [2.45, 2.75) is 25.9 Å². The minimum atomic E-state index is -3.63. The number of hydroxylamine groups is 1. The molecule has 1 unspecified atom stereocenters. The predicted molar refractivity (Wildman–Crippen MR) is 119 cm³/mol. The number of rotatable bonds is 7. The summed E-state index contributed by atoms with van der Waals surface area (Å²) in [6.45, 7) is 2.20. The van der Waals surface area contributed by atoms with Gasteiger partial charge in [0.1, 0.15) is 17.5 Å². The molecular formula is C23H24N3O5P. The second-order valence-electron chi connectivity index (χ2n) is 7.28. The van der Waals surface area contributed by atoms with E-state index in [9.17, 15) is 14.6 Å². The molecule has 0 saturated carbocycles. The summed E-state index contributed by atoms with van der Waals surface area (Å²) in [5, 5.41) is 9.76. The van der Waals surface area contributed by atoms with Gasteiger partial charge in [0.2, 0.25) is 0 Å². The molecule has 2 aromatic carbocycles. The SMILES string of the molecule is CCOP(=O)(c1ccc(Oc2ccncc2)cc1)N1Cc2ccccc2C[C@@H]1C(=O)NO. The van der Waals surface area contributed by atoms with E-state index in [4.69, 9.17) is 9.26 Å². The Balaban J connectivity index is 1.68. The van der Waals surface area contributed by atoms with Gasteiger partial charge in [-0.05, 0) is 60.9 Å². The van der Waals surface area contributed by atoms with Gasteiger partial charge in [-0.25, -0.2) is 10.2 Å². The quantitative estimate of drug-likeness (QED) is 0.320. The molecule has 9 heteroatoms. The maximum Gasteiger partial charge on any atom is 0.303 e. The number of carbonyl (C=O) groups excluding carboxylic acids is 1. The third-order valence-corrected chi connectivity index (χ3v) is 7.98. The van der Waals surface area contributed by atoms with E-state index in [0.29, 0.717) is 23.2 Å². The minimum absolute atomic E-state index is 0.193. The molecule has 0 fully saturated rings. The van der Waals surface area contributed by atoms with Crippen molar-refractivity contribution in [3.63, 3.8) is 0 Å². The fraction of sp³-hybridized carbons (Fsp3) is 0.217. The number of benzene rings is 2. The zero-order valence-corrected chi connectivity index (χ0v) is 18.4. The highest BCUT2D eigenvalue weighted by atomic mass is 31.2. The zero-order chi connectivity index (χ0) is 22.6. The number of carbonyl (C=O) groups is 1. The Bertz CT molecular complexity index is 1120. The molecule has 0 saturated heterocycles. The largest absolute Gasteiger partial charge is 0.457 e. The van der Waals surface area contributed by atoms with E-state index in [-0.39, 0.29) is 13.2 Å². The Kier molecular flexibility index (Phi) is 6.67. The van der Waals surface area contributed by atoms with E-state index < -0.39 is 19.5 Å². The normalized spacial score (nSPS) is 17.8. The second kappa shape index (κ2) is 9.63. The molecule has 0 aliphatic carbocycles. The van der Waals surface area contributed by atoms with Gasteiger partial charge in [-0.3, -0.25) is 19.6 Å². The van der Waals surface area contributed by atoms with Crippen molar-refractivity contribution >= 4 is 18.7 Å². The Labute approximate surface area is 186 Å². The highest BCUT2D eigenvalue weighted by Gasteiger charge is 2.44. The van der Waals surface area contributed by atoms with Crippen molar-refractivity contribution in [1.82, 2.24) is 15.1 Å². The maximum atomic E-state index is 14.3. The van der Waals surface area contributed by atoms with Gasteiger partial charge in [-0.2, -0.15) is 0 Å². The van der Waals surface area contributed by atoms with Gasteiger partial charge in [-0.15, -0.1) is 0 Å². The molecule has 4 rings (SSSR count). The van der Waals surface area contributed by atoms with Crippen LogP contribution >= 0.6 is 7.52 Å². The van der Waals surface area contributed by atoms with Crippen LogP contribution in [-0.2, 0) is 26.8 Å². The number of pyridine rings is 1. The first kappa shape index (κ1) is 22.2. The van der Waals surface area contributed by atoms with Crippen molar-refractivity contribution < 1.29 is 23.8 Å². The summed E-state index contributed by atoms with van der Waals surface area (Å²) >= 11 is 0. The molecule has 1 aliphatic heterocycles. The summed E-state index contributed by atoms with van der Waals surface area (Å²) in [5.41, 5.74) is 3.65. The van der Waals surface area contributed by atoms with Crippen LogP contribution in [0.15, 0.2) is 73.1 Å². The predicted octanol–water partition coefficient (Wildman–Crippen LogP) is 3.66. The van der Waals surface area contributed by atoms with Gasteiger partial charge < -0.3 is 9.26 Å². The van der Waals surface area contributed by atoms with Gasteiger partial charge in [-0.1, -0.05) is 24.3 Å². The summed E-state index contributed by atoms with van der Waals surface area (Å²) in [7, 11) is -3.63. The molecule has 0 spiro atoms. The zero-order valence-electron chi connectivity index (χ0n) is 17.5. The van der Waals surface area contributed by atoms with Gasteiger partial charge in [0.25, 0.3) is 5.91 Å². The smallest absolute Gasteiger partial charge is 0.303 e. The summed E-state index contributed by atoms with van der Waals surface area (Å²) in [4.78, 5) is 16.5. The maximum absolute atomic E-state index is 14.3. The molecule has 166 valence electrons. The van der Waals surface area contributed by atoms with Crippen molar-refractivity contribution in [2.75, 3.05) is 6.61 Å². The van der Waals surface area contributed by atoms with E-state index in [1.54, 1.807) is 65.9 Å². The number of nitrogens with one attached hydrogen (secondary N) is 1. The Morgan fingerprint density at radius 3 is 2.41 bits per heavy atom. The van der Waals surface area contributed by atoms with E-state index in [1.165, 1.54) is 0 Å². The average molecular weight is 453 g/mol. The molecule has 3 aromatic rings. The monoisotopic (exact) mass is 453 g/mol. The van der Waals surface area contributed by atoms with Crippen LogP contribution in [0.2, 0.25) is 0 Å². The van der Waals surface area contributed by atoms with Crippen LogP contribution in [0.3, 0.4) is 0 Å².